The molecule has 0 aliphatic carbocycles. The van der Waals surface area contributed by atoms with Gasteiger partial charge in [-0.3, -0.25) is 0 Å². The number of hydrogen-bond acceptors (Lipinski definition) is 5. The van der Waals surface area contributed by atoms with Crippen LogP contribution in [0.3, 0.4) is 0 Å². The molecule has 0 saturated heterocycles. The fraction of sp³-hybridized carbons (Fsp3) is 0.667. The van der Waals surface area contributed by atoms with E-state index in [1.807, 2.05) is 0 Å². The minimum atomic E-state index is -4.48. The molecule has 0 radical (unpaired) electrons. The van der Waals surface area contributed by atoms with Gasteiger partial charge in [0, 0.05) is 0 Å². The first-order valence-corrected chi connectivity index (χ1v) is 5.08. The van der Waals surface area contributed by atoms with Crippen LogP contribution in [-0.2, 0) is 14.8 Å². The third-order valence-corrected chi connectivity index (χ3v) is 1.84. The number of ether oxygens (including phenoxy) is 1. The van der Waals surface area contributed by atoms with Gasteiger partial charge < -0.3 is 10.5 Å². The second-order valence-electron chi connectivity index (χ2n) is 3.43. The summed E-state index contributed by atoms with van der Waals surface area (Å²) in [4.78, 5) is 21.1. The topological polar surface area (TPSA) is 116 Å². The van der Waals surface area contributed by atoms with Crippen molar-refractivity contribution in [2.45, 2.75) is 26.4 Å². The van der Waals surface area contributed by atoms with Crippen molar-refractivity contribution >= 4 is 21.4 Å². The monoisotopic (exact) mass is 224 g/mol. The highest BCUT2D eigenvalue weighted by Gasteiger charge is 2.29. The summed E-state index contributed by atoms with van der Waals surface area (Å²) >= 11 is 0. The molecule has 14 heavy (non-hydrogen) atoms. The largest absolute Gasteiger partial charge is 0.447 e. The van der Waals surface area contributed by atoms with E-state index >= 15 is 0 Å². The molecular formula is C6H12N2O5S. The number of carbonyl (C=O) groups is 2. The molecule has 0 bridgehead atoms. The summed E-state index contributed by atoms with van der Waals surface area (Å²) in [6, 6.07) is -1.34. The van der Waals surface area contributed by atoms with Crippen molar-refractivity contribution in [3.8, 4) is 0 Å². The molecule has 0 aromatic carbocycles. The molecule has 0 unspecified atom stereocenters. The van der Waals surface area contributed by atoms with E-state index in [1.165, 1.54) is 25.5 Å². The van der Waals surface area contributed by atoms with Crippen LogP contribution >= 0.6 is 0 Å². The van der Waals surface area contributed by atoms with Crippen molar-refractivity contribution in [1.29, 1.82) is 0 Å². The molecule has 0 heterocycles. The van der Waals surface area contributed by atoms with Gasteiger partial charge in [-0.25, -0.2) is 14.3 Å². The number of urea groups is 1. The van der Waals surface area contributed by atoms with Gasteiger partial charge in [0.05, 0.1) is 0 Å². The molecule has 0 aliphatic rings. The average Bonchev–Trinajstić information content (AvgIpc) is 1.79. The van der Waals surface area contributed by atoms with E-state index < -0.39 is 27.0 Å². The fourth-order valence-electron chi connectivity index (χ4n) is 0.479. The van der Waals surface area contributed by atoms with Crippen molar-refractivity contribution in [3.05, 3.63) is 0 Å². The molecule has 82 valence electrons. The Labute approximate surface area is 81.7 Å². The first-order valence-electron chi connectivity index (χ1n) is 3.60. The van der Waals surface area contributed by atoms with Crippen molar-refractivity contribution in [2.24, 2.45) is 5.73 Å². The Bertz CT molecular complexity index is 340. The molecule has 0 spiro atoms. The van der Waals surface area contributed by atoms with E-state index in [-0.39, 0.29) is 0 Å². The van der Waals surface area contributed by atoms with Crippen molar-refractivity contribution in [3.63, 3.8) is 0 Å². The maximum absolute atomic E-state index is 10.9. The second kappa shape index (κ2) is 3.82. The summed E-state index contributed by atoms with van der Waals surface area (Å²) in [6.45, 7) is 4.47. The molecule has 0 aliphatic heterocycles. The Balaban J connectivity index is 4.62. The maximum Gasteiger partial charge on any atom is 0.445 e. The minimum Gasteiger partial charge on any atom is -0.447 e. The third kappa shape index (κ3) is 4.65. The van der Waals surface area contributed by atoms with Crippen LogP contribution < -0.4 is 10.5 Å². The maximum atomic E-state index is 10.9. The average molecular weight is 224 g/mol. The lowest BCUT2D eigenvalue weighted by Gasteiger charge is -2.18. The van der Waals surface area contributed by atoms with Gasteiger partial charge in [0.15, 0.2) is 0 Å². The smallest absolute Gasteiger partial charge is 0.445 e. The van der Waals surface area contributed by atoms with E-state index in [1.54, 1.807) is 0 Å². The lowest BCUT2D eigenvalue weighted by Crippen LogP contribution is -2.41. The molecule has 2 amide bonds. The van der Waals surface area contributed by atoms with Crippen LogP contribution in [0.15, 0.2) is 0 Å². The molecule has 7 nitrogen and oxygen atoms in total. The standard InChI is InChI=1S/C6H12N2O5S/c1-6(2,3)13-5(10)14(11,12)8-4(7)9/h1-3H3,(H3,7,8,9). The zero-order valence-corrected chi connectivity index (χ0v) is 8.84. The van der Waals surface area contributed by atoms with Gasteiger partial charge in [-0.2, -0.15) is 8.42 Å². The van der Waals surface area contributed by atoms with Gasteiger partial charge in [0.2, 0.25) is 0 Å². The summed E-state index contributed by atoms with van der Waals surface area (Å²) < 4.78 is 27.6. The Kier molecular flexibility index (Phi) is 3.47. The quantitative estimate of drug-likeness (QED) is 0.558. The van der Waals surface area contributed by atoms with E-state index in [4.69, 9.17) is 0 Å². The summed E-state index contributed by atoms with van der Waals surface area (Å²) in [5, 5.41) is -1.54. The van der Waals surface area contributed by atoms with Crippen LogP contribution in [0.5, 0.6) is 0 Å². The summed E-state index contributed by atoms with van der Waals surface area (Å²) in [6.07, 6.45) is 0. The highest BCUT2D eigenvalue weighted by molar-refractivity contribution is 8.04. The molecule has 0 atom stereocenters. The van der Waals surface area contributed by atoms with Crippen LogP contribution in [0.25, 0.3) is 0 Å². The molecule has 8 heteroatoms. The molecule has 0 saturated carbocycles. The molecule has 0 fully saturated rings. The number of carbonyl (C=O) groups excluding carboxylic acids is 2. The number of primary amides is 1. The molecule has 0 rings (SSSR count). The zero-order chi connectivity index (χ0) is 11.6. The van der Waals surface area contributed by atoms with Gasteiger partial charge >= 0.3 is 21.4 Å². The highest BCUT2D eigenvalue weighted by atomic mass is 32.2. The minimum absolute atomic E-state index is 0.955. The second-order valence-corrected chi connectivity index (χ2v) is 4.98. The first kappa shape index (κ1) is 12.7. The van der Waals surface area contributed by atoms with Gasteiger partial charge in [-0.05, 0) is 20.8 Å². The van der Waals surface area contributed by atoms with Gasteiger partial charge in [-0.1, -0.05) is 0 Å². The third-order valence-electron chi connectivity index (χ3n) is 0.844. The van der Waals surface area contributed by atoms with Crippen molar-refractivity contribution in [1.82, 2.24) is 4.72 Å². The number of hydrogen-bond donors (Lipinski definition) is 2. The SMILES string of the molecule is CC(C)(C)OC(=O)S(=O)(=O)NC(N)=O. The van der Waals surface area contributed by atoms with E-state index in [2.05, 4.69) is 10.5 Å². The molecular weight excluding hydrogens is 212 g/mol. The normalized spacial score (nSPS) is 11.9. The van der Waals surface area contributed by atoms with Gasteiger partial charge in [0.1, 0.15) is 5.60 Å². The van der Waals surface area contributed by atoms with Crippen LogP contribution in [-0.4, -0.2) is 25.4 Å². The molecule has 3 N–H and O–H groups in total. The van der Waals surface area contributed by atoms with E-state index in [9.17, 15) is 18.0 Å². The fourth-order valence-corrected chi connectivity index (χ4v) is 1.19. The Hall–Kier alpha value is -1.31. The van der Waals surface area contributed by atoms with Gasteiger partial charge in [0.25, 0.3) is 0 Å². The van der Waals surface area contributed by atoms with Crippen LogP contribution in [0.2, 0.25) is 0 Å². The van der Waals surface area contributed by atoms with Crippen molar-refractivity contribution < 1.29 is 22.7 Å². The summed E-state index contributed by atoms with van der Waals surface area (Å²) in [5.41, 5.74) is 3.59. The number of nitrogens with one attached hydrogen (secondary N) is 1. The number of nitrogens with two attached hydrogens (primary N) is 1. The Morgan fingerprint density at radius 1 is 1.29 bits per heavy atom. The van der Waals surface area contributed by atoms with Gasteiger partial charge in [-0.15, -0.1) is 0 Å². The first-order chi connectivity index (χ1) is 6.04. The predicted octanol–water partition coefficient (Wildman–Crippen LogP) is -0.0804. The summed E-state index contributed by atoms with van der Waals surface area (Å²) in [7, 11) is -4.48. The van der Waals surface area contributed by atoms with Crippen molar-refractivity contribution in [2.75, 3.05) is 0 Å². The van der Waals surface area contributed by atoms with Crippen LogP contribution in [0.1, 0.15) is 20.8 Å². The Morgan fingerprint density at radius 2 is 1.71 bits per heavy atom. The van der Waals surface area contributed by atoms with Crippen LogP contribution in [0.4, 0.5) is 9.59 Å². The predicted molar refractivity (Wildman–Crippen MR) is 47.9 cm³/mol. The molecule has 0 aromatic rings. The number of rotatable bonds is 0. The summed E-state index contributed by atoms with van der Waals surface area (Å²) in [5.74, 6) is 0. The molecule has 0 aromatic heterocycles. The van der Waals surface area contributed by atoms with E-state index in [0.29, 0.717) is 0 Å². The number of amides is 2. The highest BCUT2D eigenvalue weighted by Crippen LogP contribution is 2.09. The lowest BCUT2D eigenvalue weighted by atomic mass is 10.2. The Morgan fingerprint density at radius 3 is 2.00 bits per heavy atom. The van der Waals surface area contributed by atoms with Crippen LogP contribution in [0, 0.1) is 0 Å². The number of sulfonamides is 1. The van der Waals surface area contributed by atoms with E-state index in [0.717, 1.165) is 0 Å². The zero-order valence-electron chi connectivity index (χ0n) is 8.03. The lowest BCUT2D eigenvalue weighted by molar-refractivity contribution is 0.0716.